The molecule has 1 N–H and O–H groups in total. The van der Waals surface area contributed by atoms with E-state index < -0.39 is 0 Å². The second-order valence-electron chi connectivity index (χ2n) is 6.40. The summed E-state index contributed by atoms with van der Waals surface area (Å²) in [5.74, 6) is 1.04. The van der Waals surface area contributed by atoms with Crippen LogP contribution < -0.4 is 5.32 Å². The van der Waals surface area contributed by atoms with E-state index in [0.29, 0.717) is 17.9 Å². The van der Waals surface area contributed by atoms with Gasteiger partial charge >= 0.3 is 0 Å². The van der Waals surface area contributed by atoms with Gasteiger partial charge in [0.25, 0.3) is 0 Å². The molecule has 1 amide bonds. The number of carbonyl (C=O) groups is 1. The van der Waals surface area contributed by atoms with Crippen LogP contribution in [0.5, 0.6) is 0 Å². The number of hydrogen-bond acceptors (Lipinski definition) is 3. The maximum atomic E-state index is 12.6. The SMILES string of the molecule is CC(C)CCN(C1CC1)C(C)C(=O)N1CCNCC1. The molecule has 2 rings (SSSR count). The van der Waals surface area contributed by atoms with Crippen molar-refractivity contribution in [1.82, 2.24) is 15.1 Å². The van der Waals surface area contributed by atoms with E-state index in [1.54, 1.807) is 0 Å². The molecule has 0 aromatic carbocycles. The van der Waals surface area contributed by atoms with Crippen molar-refractivity contribution in [1.29, 1.82) is 0 Å². The molecular weight excluding hydrogens is 238 g/mol. The highest BCUT2D eigenvalue weighted by Gasteiger charge is 2.36. The van der Waals surface area contributed by atoms with E-state index in [-0.39, 0.29) is 6.04 Å². The minimum atomic E-state index is 0.0596. The third kappa shape index (κ3) is 4.18. The summed E-state index contributed by atoms with van der Waals surface area (Å²) in [5, 5.41) is 3.31. The molecule has 4 nitrogen and oxygen atoms in total. The van der Waals surface area contributed by atoms with Gasteiger partial charge in [-0.05, 0) is 38.6 Å². The molecule has 0 aromatic rings. The summed E-state index contributed by atoms with van der Waals surface area (Å²) >= 11 is 0. The fourth-order valence-electron chi connectivity index (χ4n) is 2.80. The Kier molecular flexibility index (Phi) is 5.22. The number of nitrogens with one attached hydrogen (secondary N) is 1. The van der Waals surface area contributed by atoms with Crippen LogP contribution in [-0.2, 0) is 4.79 Å². The molecule has 2 aliphatic rings. The van der Waals surface area contributed by atoms with Crippen LogP contribution in [0, 0.1) is 5.92 Å². The van der Waals surface area contributed by atoms with Crippen molar-refractivity contribution in [3.8, 4) is 0 Å². The molecule has 1 atom stereocenters. The molecule has 1 aliphatic carbocycles. The maximum Gasteiger partial charge on any atom is 0.239 e. The lowest BCUT2D eigenvalue weighted by Gasteiger charge is -2.35. The molecule has 4 heteroatoms. The Morgan fingerprint density at radius 1 is 1.26 bits per heavy atom. The minimum Gasteiger partial charge on any atom is -0.339 e. The Morgan fingerprint density at radius 3 is 2.42 bits per heavy atom. The summed E-state index contributed by atoms with van der Waals surface area (Å²) in [6, 6.07) is 0.727. The first-order chi connectivity index (χ1) is 9.09. The molecule has 1 saturated heterocycles. The molecule has 0 radical (unpaired) electrons. The van der Waals surface area contributed by atoms with Gasteiger partial charge in [-0.1, -0.05) is 13.8 Å². The zero-order valence-electron chi connectivity index (χ0n) is 12.7. The van der Waals surface area contributed by atoms with Crippen LogP contribution in [0.3, 0.4) is 0 Å². The average Bonchev–Trinajstić information content (AvgIpc) is 3.23. The average molecular weight is 267 g/mol. The Labute approximate surface area is 117 Å². The summed E-state index contributed by atoms with van der Waals surface area (Å²) in [4.78, 5) is 17.1. The molecule has 0 aromatic heterocycles. The second kappa shape index (κ2) is 6.71. The molecule has 1 heterocycles. The Balaban J connectivity index is 1.89. The van der Waals surface area contributed by atoms with Gasteiger partial charge in [-0.15, -0.1) is 0 Å². The van der Waals surface area contributed by atoms with Crippen LogP contribution in [0.2, 0.25) is 0 Å². The molecule has 110 valence electrons. The highest BCUT2D eigenvalue weighted by atomic mass is 16.2. The quantitative estimate of drug-likeness (QED) is 0.788. The lowest BCUT2D eigenvalue weighted by atomic mass is 10.1. The topological polar surface area (TPSA) is 35.6 Å². The van der Waals surface area contributed by atoms with Crippen molar-refractivity contribution in [2.75, 3.05) is 32.7 Å². The van der Waals surface area contributed by atoms with Gasteiger partial charge in [0.1, 0.15) is 0 Å². The Hall–Kier alpha value is -0.610. The van der Waals surface area contributed by atoms with Crippen molar-refractivity contribution in [3.05, 3.63) is 0 Å². The summed E-state index contributed by atoms with van der Waals surface area (Å²) in [6.45, 7) is 11.3. The van der Waals surface area contributed by atoms with E-state index in [0.717, 1.165) is 32.7 Å². The molecule has 2 fully saturated rings. The van der Waals surface area contributed by atoms with E-state index in [2.05, 4.69) is 31.0 Å². The zero-order chi connectivity index (χ0) is 13.8. The third-order valence-electron chi connectivity index (χ3n) is 4.26. The fourth-order valence-corrected chi connectivity index (χ4v) is 2.80. The molecule has 0 spiro atoms. The van der Waals surface area contributed by atoms with Crippen molar-refractivity contribution in [3.63, 3.8) is 0 Å². The van der Waals surface area contributed by atoms with Crippen LogP contribution in [0.25, 0.3) is 0 Å². The van der Waals surface area contributed by atoms with Crippen molar-refractivity contribution in [2.24, 2.45) is 5.92 Å². The fraction of sp³-hybridized carbons (Fsp3) is 0.933. The Morgan fingerprint density at radius 2 is 1.89 bits per heavy atom. The van der Waals surface area contributed by atoms with Gasteiger partial charge in [-0.2, -0.15) is 0 Å². The van der Waals surface area contributed by atoms with Gasteiger partial charge in [0.15, 0.2) is 0 Å². The summed E-state index contributed by atoms with van der Waals surface area (Å²) in [5.41, 5.74) is 0. The number of amides is 1. The minimum absolute atomic E-state index is 0.0596. The van der Waals surface area contributed by atoms with Gasteiger partial charge in [-0.25, -0.2) is 0 Å². The van der Waals surface area contributed by atoms with Crippen LogP contribution in [0.4, 0.5) is 0 Å². The van der Waals surface area contributed by atoms with E-state index in [1.807, 2.05) is 4.90 Å². The predicted octanol–water partition coefficient (Wildman–Crippen LogP) is 1.32. The van der Waals surface area contributed by atoms with E-state index >= 15 is 0 Å². The van der Waals surface area contributed by atoms with Gasteiger partial charge < -0.3 is 10.2 Å². The number of piperazine rings is 1. The number of carbonyl (C=O) groups excluding carboxylic acids is 1. The summed E-state index contributed by atoms with van der Waals surface area (Å²) < 4.78 is 0. The van der Waals surface area contributed by atoms with Crippen molar-refractivity contribution >= 4 is 5.91 Å². The molecule has 0 bridgehead atoms. The van der Waals surface area contributed by atoms with Crippen LogP contribution in [0.15, 0.2) is 0 Å². The number of hydrogen-bond donors (Lipinski definition) is 1. The second-order valence-corrected chi connectivity index (χ2v) is 6.40. The first-order valence-electron chi connectivity index (χ1n) is 7.85. The van der Waals surface area contributed by atoms with Gasteiger partial charge in [0, 0.05) is 32.2 Å². The van der Waals surface area contributed by atoms with E-state index in [4.69, 9.17) is 0 Å². The normalized spacial score (nSPS) is 22.1. The highest BCUT2D eigenvalue weighted by molar-refractivity contribution is 5.81. The first kappa shape index (κ1) is 14.8. The molecule has 1 unspecified atom stereocenters. The van der Waals surface area contributed by atoms with Crippen LogP contribution in [0.1, 0.15) is 40.0 Å². The first-order valence-corrected chi connectivity index (χ1v) is 7.85. The highest BCUT2D eigenvalue weighted by Crippen LogP contribution is 2.29. The molecule has 1 aliphatic heterocycles. The number of rotatable bonds is 6. The monoisotopic (exact) mass is 267 g/mol. The predicted molar refractivity (Wildman–Crippen MR) is 78.1 cm³/mol. The lowest BCUT2D eigenvalue weighted by Crippen LogP contribution is -2.53. The largest absolute Gasteiger partial charge is 0.339 e. The lowest BCUT2D eigenvalue weighted by molar-refractivity contribution is -0.137. The van der Waals surface area contributed by atoms with Crippen molar-refractivity contribution < 1.29 is 4.79 Å². The van der Waals surface area contributed by atoms with Gasteiger partial charge in [0.05, 0.1) is 6.04 Å². The van der Waals surface area contributed by atoms with Gasteiger partial charge in [0.2, 0.25) is 5.91 Å². The van der Waals surface area contributed by atoms with Crippen LogP contribution in [-0.4, -0.2) is 60.5 Å². The molecule has 1 saturated carbocycles. The molecular formula is C15H29N3O. The standard InChI is InChI=1S/C15H29N3O/c1-12(2)6-9-18(14-4-5-14)13(3)15(19)17-10-7-16-8-11-17/h12-14,16H,4-11H2,1-3H3. The van der Waals surface area contributed by atoms with E-state index in [1.165, 1.54) is 19.3 Å². The maximum absolute atomic E-state index is 12.6. The molecule has 19 heavy (non-hydrogen) atoms. The van der Waals surface area contributed by atoms with Gasteiger partial charge in [-0.3, -0.25) is 9.69 Å². The summed E-state index contributed by atoms with van der Waals surface area (Å²) in [6.07, 6.45) is 3.74. The number of nitrogens with zero attached hydrogens (tertiary/aromatic N) is 2. The Bertz CT molecular complexity index is 296. The van der Waals surface area contributed by atoms with Crippen LogP contribution >= 0.6 is 0 Å². The summed E-state index contributed by atoms with van der Waals surface area (Å²) in [7, 11) is 0. The smallest absolute Gasteiger partial charge is 0.239 e. The van der Waals surface area contributed by atoms with E-state index in [9.17, 15) is 4.79 Å². The zero-order valence-corrected chi connectivity index (χ0v) is 12.7. The third-order valence-corrected chi connectivity index (χ3v) is 4.26. The van der Waals surface area contributed by atoms with Crippen molar-refractivity contribution in [2.45, 2.75) is 52.1 Å².